The van der Waals surface area contributed by atoms with E-state index in [0.717, 1.165) is 16.8 Å². The molecule has 1 aromatic carbocycles. The largest absolute Gasteiger partial charge is 0.344 e. The molecule has 2 aliphatic heterocycles. The van der Waals surface area contributed by atoms with E-state index in [-0.39, 0.29) is 17.7 Å². The van der Waals surface area contributed by atoms with Gasteiger partial charge >= 0.3 is 0 Å². The fourth-order valence-electron chi connectivity index (χ4n) is 3.05. The van der Waals surface area contributed by atoms with Gasteiger partial charge in [0, 0.05) is 17.9 Å². The van der Waals surface area contributed by atoms with Crippen LogP contribution in [0.3, 0.4) is 0 Å². The van der Waals surface area contributed by atoms with Gasteiger partial charge in [0.25, 0.3) is 0 Å². The molecule has 6 nitrogen and oxygen atoms in total. The average molecular weight is 347 g/mol. The van der Waals surface area contributed by atoms with E-state index in [1.165, 1.54) is 0 Å². The average Bonchev–Trinajstić information content (AvgIpc) is 3.18. The van der Waals surface area contributed by atoms with E-state index in [4.69, 9.17) is 0 Å². The number of thioether (sulfide) groups is 1. The number of benzene rings is 1. The molecule has 7 heteroatoms. The highest BCUT2D eigenvalue weighted by Gasteiger charge is 2.39. The molecule has 2 fully saturated rings. The Balaban J connectivity index is 1.69. The molecule has 128 valence electrons. The van der Waals surface area contributed by atoms with E-state index in [9.17, 15) is 14.4 Å². The summed E-state index contributed by atoms with van der Waals surface area (Å²) < 4.78 is 0. The number of nitrogens with one attached hydrogen (secondary N) is 2. The second-order valence-electron chi connectivity index (χ2n) is 6.29. The summed E-state index contributed by atoms with van der Waals surface area (Å²) in [4.78, 5) is 38.1. The van der Waals surface area contributed by atoms with Crippen LogP contribution in [0.2, 0.25) is 0 Å². The van der Waals surface area contributed by atoms with Crippen molar-refractivity contribution in [2.24, 2.45) is 0 Å². The van der Waals surface area contributed by atoms with Crippen LogP contribution in [0, 0.1) is 13.8 Å². The molecular formula is C17H21N3O3S. The van der Waals surface area contributed by atoms with Gasteiger partial charge in [-0.05, 0) is 31.9 Å². The van der Waals surface area contributed by atoms with Crippen LogP contribution in [0.4, 0.5) is 5.69 Å². The Hall–Kier alpha value is -2.02. The molecule has 3 amide bonds. The first-order chi connectivity index (χ1) is 11.5. The molecule has 0 aromatic heterocycles. The summed E-state index contributed by atoms with van der Waals surface area (Å²) in [5.41, 5.74) is 2.90. The molecule has 0 spiro atoms. The van der Waals surface area contributed by atoms with Crippen molar-refractivity contribution in [1.29, 1.82) is 0 Å². The van der Waals surface area contributed by atoms with E-state index in [2.05, 4.69) is 10.6 Å². The maximum Gasteiger partial charge on any atom is 0.248 e. The number of nitrogens with zero attached hydrogens (tertiary/aromatic N) is 1. The Morgan fingerprint density at radius 1 is 1.33 bits per heavy atom. The molecule has 0 bridgehead atoms. The third kappa shape index (κ3) is 3.40. The predicted molar refractivity (Wildman–Crippen MR) is 93.7 cm³/mol. The summed E-state index contributed by atoms with van der Waals surface area (Å²) in [5, 5.41) is 5.61. The minimum atomic E-state index is -0.499. The maximum absolute atomic E-state index is 12.6. The first kappa shape index (κ1) is 16.8. The van der Waals surface area contributed by atoms with Gasteiger partial charge in [-0.1, -0.05) is 17.7 Å². The SMILES string of the molecule is Cc1ccc(NC(=O)[C@@H]2CSCN2C(=O)[C@H]2CCC(=O)N2)c(C)c1. The normalized spacial score (nSPS) is 23.2. The Labute approximate surface area is 145 Å². The maximum atomic E-state index is 12.6. The number of aryl methyl sites for hydroxylation is 2. The number of carbonyl (C=O) groups excluding carboxylic acids is 3. The summed E-state index contributed by atoms with van der Waals surface area (Å²) in [7, 11) is 0. The van der Waals surface area contributed by atoms with Gasteiger partial charge in [0.2, 0.25) is 17.7 Å². The van der Waals surface area contributed by atoms with E-state index in [1.807, 2.05) is 32.0 Å². The molecule has 0 saturated carbocycles. The lowest BCUT2D eigenvalue weighted by atomic mass is 10.1. The molecule has 0 aliphatic carbocycles. The monoisotopic (exact) mass is 347 g/mol. The lowest BCUT2D eigenvalue weighted by Gasteiger charge is -2.26. The van der Waals surface area contributed by atoms with E-state index >= 15 is 0 Å². The van der Waals surface area contributed by atoms with Gasteiger partial charge < -0.3 is 15.5 Å². The summed E-state index contributed by atoms with van der Waals surface area (Å²) in [6, 6.07) is 4.85. The number of carbonyl (C=O) groups is 3. The Morgan fingerprint density at radius 3 is 2.79 bits per heavy atom. The fourth-order valence-corrected chi connectivity index (χ4v) is 4.21. The third-order valence-electron chi connectivity index (χ3n) is 4.40. The van der Waals surface area contributed by atoms with Crippen LogP contribution in [0.1, 0.15) is 24.0 Å². The highest BCUT2D eigenvalue weighted by Crippen LogP contribution is 2.25. The van der Waals surface area contributed by atoms with Crippen molar-refractivity contribution < 1.29 is 14.4 Å². The van der Waals surface area contributed by atoms with Gasteiger partial charge in [-0.2, -0.15) is 0 Å². The summed E-state index contributed by atoms with van der Waals surface area (Å²) in [6.07, 6.45) is 0.876. The molecule has 2 atom stereocenters. The zero-order valence-corrected chi connectivity index (χ0v) is 14.6. The summed E-state index contributed by atoms with van der Waals surface area (Å²) in [6.45, 7) is 3.95. The quantitative estimate of drug-likeness (QED) is 0.867. The standard InChI is InChI=1S/C17H21N3O3S/c1-10-3-4-12(11(2)7-10)19-16(22)14-8-24-9-20(14)17(23)13-5-6-15(21)18-13/h3-4,7,13-14H,5-6,8-9H2,1-2H3,(H,18,21)(H,19,22)/t13-,14+/m1/s1. The van der Waals surface area contributed by atoms with Crippen LogP contribution in [-0.2, 0) is 14.4 Å². The molecule has 2 saturated heterocycles. The van der Waals surface area contributed by atoms with Crippen molar-refractivity contribution >= 4 is 35.2 Å². The van der Waals surface area contributed by atoms with Gasteiger partial charge in [0.15, 0.2) is 0 Å². The minimum absolute atomic E-state index is 0.100. The van der Waals surface area contributed by atoms with Crippen molar-refractivity contribution in [2.75, 3.05) is 16.9 Å². The topological polar surface area (TPSA) is 78.5 Å². The first-order valence-corrected chi connectivity index (χ1v) is 9.17. The fraction of sp³-hybridized carbons (Fsp3) is 0.471. The van der Waals surface area contributed by atoms with Crippen molar-refractivity contribution in [1.82, 2.24) is 10.2 Å². The Kier molecular flexibility index (Phi) is 4.80. The van der Waals surface area contributed by atoms with Crippen molar-refractivity contribution in [2.45, 2.75) is 38.8 Å². The van der Waals surface area contributed by atoms with Crippen LogP contribution in [-0.4, -0.2) is 46.3 Å². The Morgan fingerprint density at radius 2 is 2.12 bits per heavy atom. The van der Waals surface area contributed by atoms with E-state index < -0.39 is 12.1 Å². The van der Waals surface area contributed by atoms with Crippen LogP contribution in [0.5, 0.6) is 0 Å². The molecule has 2 N–H and O–H groups in total. The van der Waals surface area contributed by atoms with Crippen LogP contribution in [0.25, 0.3) is 0 Å². The molecule has 1 aromatic rings. The number of rotatable bonds is 3. The van der Waals surface area contributed by atoms with Crippen LogP contribution in [0.15, 0.2) is 18.2 Å². The van der Waals surface area contributed by atoms with E-state index in [0.29, 0.717) is 24.5 Å². The van der Waals surface area contributed by atoms with Crippen LogP contribution < -0.4 is 10.6 Å². The number of anilines is 1. The molecule has 2 aliphatic rings. The van der Waals surface area contributed by atoms with Gasteiger partial charge in [-0.3, -0.25) is 14.4 Å². The highest BCUT2D eigenvalue weighted by atomic mass is 32.2. The molecular weight excluding hydrogens is 326 g/mol. The van der Waals surface area contributed by atoms with Gasteiger partial charge in [-0.25, -0.2) is 0 Å². The second-order valence-corrected chi connectivity index (χ2v) is 7.29. The van der Waals surface area contributed by atoms with Crippen molar-refractivity contribution in [3.05, 3.63) is 29.3 Å². The highest BCUT2D eigenvalue weighted by molar-refractivity contribution is 7.99. The number of amides is 3. The third-order valence-corrected chi connectivity index (χ3v) is 5.41. The van der Waals surface area contributed by atoms with Gasteiger partial charge in [-0.15, -0.1) is 11.8 Å². The minimum Gasteiger partial charge on any atom is -0.344 e. The summed E-state index contributed by atoms with van der Waals surface area (Å²) in [5.74, 6) is 0.618. The Bertz CT molecular complexity index is 692. The van der Waals surface area contributed by atoms with Crippen molar-refractivity contribution in [3.8, 4) is 0 Å². The van der Waals surface area contributed by atoms with Gasteiger partial charge in [0.1, 0.15) is 12.1 Å². The molecule has 2 heterocycles. The number of hydrogen-bond acceptors (Lipinski definition) is 4. The molecule has 0 unspecified atom stereocenters. The molecule has 24 heavy (non-hydrogen) atoms. The molecule has 0 radical (unpaired) electrons. The predicted octanol–water partition coefficient (Wildman–Crippen LogP) is 1.42. The second kappa shape index (κ2) is 6.84. The van der Waals surface area contributed by atoms with Crippen molar-refractivity contribution in [3.63, 3.8) is 0 Å². The lowest BCUT2D eigenvalue weighted by Crippen LogP contribution is -2.50. The lowest BCUT2D eigenvalue weighted by molar-refractivity contribution is -0.138. The van der Waals surface area contributed by atoms with Crippen LogP contribution >= 0.6 is 11.8 Å². The zero-order valence-electron chi connectivity index (χ0n) is 13.8. The number of hydrogen-bond donors (Lipinski definition) is 2. The first-order valence-electron chi connectivity index (χ1n) is 8.01. The van der Waals surface area contributed by atoms with E-state index in [1.54, 1.807) is 16.7 Å². The summed E-state index contributed by atoms with van der Waals surface area (Å²) >= 11 is 1.56. The zero-order chi connectivity index (χ0) is 17.3. The molecule has 3 rings (SSSR count). The van der Waals surface area contributed by atoms with Gasteiger partial charge in [0.05, 0.1) is 5.88 Å². The smallest absolute Gasteiger partial charge is 0.248 e.